The fourth-order valence-electron chi connectivity index (χ4n) is 10.3. The predicted octanol–water partition coefficient (Wildman–Crippen LogP) is 13.7. The number of halogens is 8. The van der Waals surface area contributed by atoms with Gasteiger partial charge < -0.3 is 19.8 Å². The molecule has 0 saturated carbocycles. The van der Waals surface area contributed by atoms with E-state index in [1.165, 1.54) is 24.3 Å². The zero-order chi connectivity index (χ0) is 57.2. The van der Waals surface area contributed by atoms with Gasteiger partial charge in [0.1, 0.15) is 23.3 Å². The third kappa shape index (κ3) is 12.3. The summed E-state index contributed by atoms with van der Waals surface area (Å²) in [7, 11) is 0. The topological polar surface area (TPSA) is 115 Å². The average molecular weight is 1130 g/mol. The number of aromatic amines is 1. The average Bonchev–Trinajstić information content (AvgIpc) is 4.43. The van der Waals surface area contributed by atoms with Crippen molar-refractivity contribution in [1.82, 2.24) is 39.7 Å². The Kier molecular flexibility index (Phi) is 18.7. The van der Waals surface area contributed by atoms with Crippen LogP contribution in [0.5, 0.6) is 0 Å². The largest absolute Gasteiger partial charge is 0.335 e. The van der Waals surface area contributed by atoms with Gasteiger partial charge in [-0.1, -0.05) is 66.7 Å². The van der Waals surface area contributed by atoms with E-state index in [0.717, 1.165) is 22.3 Å². The van der Waals surface area contributed by atoms with E-state index in [1.807, 2.05) is 92.7 Å². The monoisotopic (exact) mass is 1130 g/mol. The maximum absolute atomic E-state index is 16.6. The van der Waals surface area contributed by atoms with Gasteiger partial charge in [-0.3, -0.25) is 13.9 Å². The lowest BCUT2D eigenvalue weighted by molar-refractivity contribution is 0.459. The molecule has 4 aromatic heterocycles. The molecule has 81 heavy (non-hydrogen) atoms. The normalized spacial score (nSPS) is 11.4. The number of aryl methyl sites for hydroxylation is 2. The summed E-state index contributed by atoms with van der Waals surface area (Å²) in [4.78, 5) is 0. The molecule has 0 bridgehead atoms. The first-order chi connectivity index (χ1) is 39.4. The molecular weight excluding hydrogens is 1070 g/mol. The second kappa shape index (κ2) is 26.3. The molecule has 10 nitrogen and oxygen atoms in total. The number of alkyl halides is 2. The smallest absolute Gasteiger partial charge is 0.333 e. The van der Waals surface area contributed by atoms with Crippen molar-refractivity contribution in [2.24, 2.45) is 0 Å². The summed E-state index contributed by atoms with van der Waals surface area (Å²) in [5, 5.41) is 19.5. The minimum absolute atomic E-state index is 0.136. The third-order valence-corrected chi connectivity index (χ3v) is 14.3. The van der Waals surface area contributed by atoms with E-state index in [4.69, 9.17) is 8.42 Å². The van der Waals surface area contributed by atoms with Crippen molar-refractivity contribution in [3.05, 3.63) is 208 Å². The van der Waals surface area contributed by atoms with Crippen LogP contribution in [0.15, 0.2) is 140 Å². The van der Waals surface area contributed by atoms with Crippen molar-refractivity contribution in [2.75, 3.05) is 39.5 Å². The second-order valence-electron chi connectivity index (χ2n) is 19.4. The van der Waals surface area contributed by atoms with Crippen molar-refractivity contribution >= 4 is 55.2 Å². The zero-order valence-corrected chi connectivity index (χ0v) is 45.1. The fraction of sp³-hybridized carbons (Fsp3) is 0.226. The van der Waals surface area contributed by atoms with E-state index in [-0.39, 0.29) is 35.6 Å². The zero-order valence-electron chi connectivity index (χ0n) is 44.2. The highest BCUT2D eigenvalue weighted by Gasteiger charge is 2.27. The van der Waals surface area contributed by atoms with Gasteiger partial charge in [-0.2, -0.15) is 18.6 Å². The maximum atomic E-state index is 16.6. The molecule has 0 spiro atoms. The molecule has 3 N–H and O–H groups in total. The van der Waals surface area contributed by atoms with Crippen LogP contribution in [0.3, 0.4) is 0 Å². The number of H-pyrrole nitrogens is 1. The molecule has 0 amide bonds. The number of benzene rings is 7. The summed E-state index contributed by atoms with van der Waals surface area (Å²) in [5.74, 6) is -3.67. The molecule has 4 heterocycles. The molecule has 0 aliphatic carbocycles. The van der Waals surface area contributed by atoms with Crippen LogP contribution in [0.4, 0.5) is 35.1 Å². The van der Waals surface area contributed by atoms with Gasteiger partial charge in [0.05, 0.1) is 78.0 Å². The number of fused-ring (bicyclic) bond motifs is 6. The Morgan fingerprint density at radius 1 is 0.531 bits per heavy atom. The molecule has 19 heteroatoms. The van der Waals surface area contributed by atoms with Gasteiger partial charge in [0, 0.05) is 43.8 Å². The number of nitrogens with one attached hydrogen (secondary N) is 3. The summed E-state index contributed by atoms with van der Waals surface area (Å²) in [6, 6.07) is 36.8. The van der Waals surface area contributed by atoms with E-state index in [0.29, 0.717) is 112 Å². The molecule has 0 fully saturated rings. The molecule has 0 atom stereocenters. The third-order valence-electron chi connectivity index (χ3n) is 14.3. The van der Waals surface area contributed by atoms with E-state index in [2.05, 4.69) is 25.9 Å². The minimum atomic E-state index is -0.750. The highest BCUT2D eigenvalue weighted by molar-refractivity contribution is 7.51. The molecule has 0 radical (unpaired) electrons. The second-order valence-corrected chi connectivity index (χ2v) is 19.6. The van der Waals surface area contributed by atoms with Crippen molar-refractivity contribution in [3.63, 3.8) is 0 Å². The Morgan fingerprint density at radius 3 is 1.46 bits per heavy atom. The molecule has 418 valence electrons. The molecule has 0 saturated heterocycles. The van der Waals surface area contributed by atoms with E-state index in [1.54, 1.807) is 50.5 Å². The first-order valence-corrected chi connectivity index (χ1v) is 26.9. The quantitative estimate of drug-likeness (QED) is 0.0549. The van der Waals surface area contributed by atoms with Crippen LogP contribution < -0.4 is 10.6 Å². The number of hydrogen-bond donors (Lipinski definition) is 3. The predicted molar refractivity (Wildman–Crippen MR) is 303 cm³/mol. The minimum Gasteiger partial charge on any atom is -0.333 e. The van der Waals surface area contributed by atoms with Gasteiger partial charge in [-0.05, 0) is 149 Å². The molecule has 11 rings (SSSR count). The lowest BCUT2D eigenvalue weighted by Gasteiger charge is -2.15. The van der Waals surface area contributed by atoms with Crippen LogP contribution in [-0.2, 0) is 37.5 Å². The van der Waals surface area contributed by atoms with Gasteiger partial charge in [0.25, 0.3) is 0 Å². The van der Waals surface area contributed by atoms with Gasteiger partial charge in [0.15, 0.2) is 11.6 Å². The highest BCUT2D eigenvalue weighted by Crippen LogP contribution is 2.41. The molecular formula is C62H56F8N8O2S. The number of nitrogens with zero attached hydrogens (tertiary/aromatic N) is 5. The summed E-state index contributed by atoms with van der Waals surface area (Å²) in [6.45, 7) is 4.55. The Morgan fingerprint density at radius 2 is 0.975 bits per heavy atom. The maximum Gasteiger partial charge on any atom is 0.335 e. The van der Waals surface area contributed by atoms with E-state index < -0.39 is 59.8 Å². The lowest BCUT2D eigenvalue weighted by Crippen LogP contribution is -2.19. The number of rotatable bonds is 19. The number of hydrogen-bond acceptors (Lipinski definition) is 6. The van der Waals surface area contributed by atoms with E-state index >= 15 is 26.3 Å². The summed E-state index contributed by atoms with van der Waals surface area (Å²) >= 11 is -0.750. The van der Waals surface area contributed by atoms with Crippen molar-refractivity contribution in [1.29, 1.82) is 0 Å². The van der Waals surface area contributed by atoms with Crippen LogP contribution >= 0.6 is 0 Å². The van der Waals surface area contributed by atoms with Gasteiger partial charge in [0.2, 0.25) is 0 Å². The van der Waals surface area contributed by atoms with Gasteiger partial charge in [-0.25, -0.2) is 31.0 Å². The van der Waals surface area contributed by atoms with Crippen LogP contribution in [0, 0.1) is 48.8 Å². The van der Waals surface area contributed by atoms with Crippen LogP contribution in [-0.4, -0.2) is 77.1 Å². The highest BCUT2D eigenvalue weighted by atomic mass is 32.1. The van der Waals surface area contributed by atoms with E-state index in [9.17, 15) is 8.78 Å². The van der Waals surface area contributed by atoms with Crippen LogP contribution in [0.2, 0.25) is 0 Å². The molecule has 0 aliphatic rings. The Hall–Kier alpha value is -8.26. The molecule has 0 aliphatic heterocycles. The number of aromatic nitrogens is 6. The summed E-state index contributed by atoms with van der Waals surface area (Å²) in [5.41, 5.74) is 7.54. The van der Waals surface area contributed by atoms with Crippen molar-refractivity contribution in [2.45, 2.75) is 52.6 Å². The fourth-order valence-corrected chi connectivity index (χ4v) is 10.3. The van der Waals surface area contributed by atoms with Crippen LogP contribution in [0.25, 0.3) is 71.8 Å². The first kappa shape index (κ1) is 57.4. The SMILES string of the molecule is Cc1ccccc1-c1c(F)c2c3cn[nH]c3ccc2n1Cc1c(F)cc(CCNCCCF)cc1F.Cc1ccccc1-c1c(F)c2c3cnn(-c4ccccc4)c3ccc2n1Cc1c(F)cc(CCNCCCF)cc1F.O=S=O. The molecule has 0 unspecified atom stereocenters. The Balaban J connectivity index is 0.000000189. The van der Waals surface area contributed by atoms with Crippen molar-refractivity contribution in [3.8, 4) is 28.2 Å². The standard InChI is InChI=1S/C34H30F4N4.C28H26F4N4.O2S/c1-22-8-5-6-11-25(22)34-33(38)32-26-20-40-42(24-9-3-2-4-10-24)30(26)12-13-31(32)41(34)21-27-28(36)18-23(19-29(27)37)14-17-39-16-7-15-35;1-17-5-2-3-6-19(17)28-27(32)26-20-15-34-35-24(20)7-8-25(26)36(28)16-21-22(30)13-18(14-23(21)31)9-12-33-11-4-10-29;1-3-2/h2-6,8-13,18-20,39H,7,14-17,21H2,1H3;2-3,5-8,13-15,33H,4,9-12,16H2,1H3,(H,34,35);. The molecule has 11 aromatic rings. The van der Waals surface area contributed by atoms with Gasteiger partial charge in [-0.15, -0.1) is 0 Å². The van der Waals surface area contributed by atoms with Gasteiger partial charge >= 0.3 is 11.6 Å². The van der Waals surface area contributed by atoms with Crippen LogP contribution in [0.1, 0.15) is 46.2 Å². The summed E-state index contributed by atoms with van der Waals surface area (Å²) in [6.07, 6.45) is 4.80. The number of para-hydroxylation sites is 1. The first-order valence-electron chi connectivity index (χ1n) is 26.3. The lowest BCUT2D eigenvalue weighted by atomic mass is 10.0. The molecule has 7 aromatic carbocycles. The Labute approximate surface area is 465 Å². The summed E-state index contributed by atoms with van der Waals surface area (Å²) < 4.78 is 140. The van der Waals surface area contributed by atoms with Crippen molar-refractivity contribution < 1.29 is 43.5 Å². The Bertz CT molecular complexity index is 3990.